The summed E-state index contributed by atoms with van der Waals surface area (Å²) in [5.74, 6) is 1.09. The summed E-state index contributed by atoms with van der Waals surface area (Å²) in [5.41, 5.74) is 8.65. The highest BCUT2D eigenvalue weighted by molar-refractivity contribution is 5.47. The predicted molar refractivity (Wildman–Crippen MR) is 86.7 cm³/mol. The van der Waals surface area contributed by atoms with Crippen molar-refractivity contribution in [2.45, 2.75) is 63.6 Å². The molecule has 1 aromatic carbocycles. The van der Waals surface area contributed by atoms with E-state index in [2.05, 4.69) is 44.0 Å². The van der Waals surface area contributed by atoms with Crippen LogP contribution < -0.4 is 10.5 Å². The molecule has 2 aliphatic rings. The molecule has 3 nitrogen and oxygen atoms in total. The second-order valence-electron chi connectivity index (χ2n) is 7.23. The number of hydrogen-bond donors (Lipinski definition) is 1. The minimum absolute atomic E-state index is 0.0937. The van der Waals surface area contributed by atoms with Crippen molar-refractivity contribution in [3.8, 4) is 5.75 Å². The molecule has 1 fully saturated rings. The summed E-state index contributed by atoms with van der Waals surface area (Å²) in [6.07, 6.45) is 6.29. The third-order valence-corrected chi connectivity index (χ3v) is 5.10. The van der Waals surface area contributed by atoms with E-state index < -0.39 is 0 Å². The van der Waals surface area contributed by atoms with Crippen LogP contribution in [0.25, 0.3) is 0 Å². The van der Waals surface area contributed by atoms with Crippen molar-refractivity contribution in [3.63, 3.8) is 0 Å². The van der Waals surface area contributed by atoms with E-state index in [0.717, 1.165) is 12.2 Å². The minimum Gasteiger partial charge on any atom is -0.487 e. The Balaban J connectivity index is 1.90. The first-order valence-corrected chi connectivity index (χ1v) is 8.24. The van der Waals surface area contributed by atoms with E-state index in [1.54, 1.807) is 0 Å². The number of rotatable bonds is 4. The van der Waals surface area contributed by atoms with Gasteiger partial charge in [0.15, 0.2) is 0 Å². The lowest BCUT2D eigenvalue weighted by molar-refractivity contribution is 0.129. The molecule has 1 aliphatic carbocycles. The molecule has 1 saturated carbocycles. The van der Waals surface area contributed by atoms with Crippen LogP contribution in [0.15, 0.2) is 18.2 Å². The number of para-hydroxylation sites is 1. The maximum absolute atomic E-state index is 6.24. The van der Waals surface area contributed by atoms with Crippen LogP contribution in [0.4, 0.5) is 0 Å². The number of nitrogens with two attached hydrogens (primary N) is 1. The standard InChI is InChI=1S/C18H28N2O/c1-18(2)11-13-7-6-10-15(17(13)21-18)16(12-19)20(3)14-8-4-5-9-14/h6-7,10,14,16H,4-5,8-9,11-12,19H2,1-3H3. The molecule has 1 aromatic rings. The van der Waals surface area contributed by atoms with Crippen LogP contribution >= 0.6 is 0 Å². The molecule has 1 aliphatic heterocycles. The molecule has 0 spiro atoms. The van der Waals surface area contributed by atoms with Gasteiger partial charge < -0.3 is 10.5 Å². The van der Waals surface area contributed by atoms with E-state index in [1.165, 1.54) is 36.8 Å². The van der Waals surface area contributed by atoms with E-state index in [4.69, 9.17) is 10.5 Å². The quantitative estimate of drug-likeness (QED) is 0.924. The molecular weight excluding hydrogens is 260 g/mol. The highest BCUT2D eigenvalue weighted by Crippen LogP contribution is 2.42. The molecule has 0 aromatic heterocycles. The van der Waals surface area contributed by atoms with E-state index in [0.29, 0.717) is 12.6 Å². The van der Waals surface area contributed by atoms with E-state index >= 15 is 0 Å². The normalized spacial score (nSPS) is 22.3. The summed E-state index contributed by atoms with van der Waals surface area (Å²) < 4.78 is 6.24. The summed E-state index contributed by atoms with van der Waals surface area (Å²) >= 11 is 0. The lowest BCUT2D eigenvalue weighted by atomic mass is 9.97. The van der Waals surface area contributed by atoms with E-state index in [9.17, 15) is 0 Å². The van der Waals surface area contributed by atoms with Crippen molar-refractivity contribution in [1.29, 1.82) is 0 Å². The van der Waals surface area contributed by atoms with Gasteiger partial charge in [0.1, 0.15) is 11.4 Å². The Labute approximate surface area is 128 Å². The zero-order valence-corrected chi connectivity index (χ0v) is 13.6. The lowest BCUT2D eigenvalue weighted by Crippen LogP contribution is -2.37. The van der Waals surface area contributed by atoms with Crippen molar-refractivity contribution < 1.29 is 4.74 Å². The zero-order chi connectivity index (χ0) is 15.0. The molecule has 0 radical (unpaired) electrons. The van der Waals surface area contributed by atoms with Gasteiger partial charge in [0.2, 0.25) is 0 Å². The molecule has 0 saturated heterocycles. The highest BCUT2D eigenvalue weighted by atomic mass is 16.5. The van der Waals surface area contributed by atoms with E-state index in [1.807, 2.05) is 0 Å². The summed E-state index contributed by atoms with van der Waals surface area (Å²) in [6.45, 7) is 4.97. The second kappa shape index (κ2) is 5.62. The number of likely N-dealkylation sites (N-methyl/N-ethyl adjacent to an activating group) is 1. The fraction of sp³-hybridized carbons (Fsp3) is 0.667. The number of nitrogens with zero attached hydrogens (tertiary/aromatic N) is 1. The van der Waals surface area contributed by atoms with Gasteiger partial charge in [-0.25, -0.2) is 0 Å². The first-order valence-electron chi connectivity index (χ1n) is 8.24. The fourth-order valence-electron chi connectivity index (χ4n) is 3.98. The number of benzene rings is 1. The smallest absolute Gasteiger partial charge is 0.128 e. The van der Waals surface area contributed by atoms with Crippen LogP contribution in [0, 0.1) is 0 Å². The van der Waals surface area contributed by atoms with Gasteiger partial charge in [0, 0.05) is 24.6 Å². The number of ether oxygens (including phenoxy) is 1. The molecule has 3 rings (SSSR count). The van der Waals surface area contributed by atoms with Crippen molar-refractivity contribution >= 4 is 0 Å². The molecular formula is C18H28N2O. The fourth-order valence-corrected chi connectivity index (χ4v) is 3.98. The van der Waals surface area contributed by atoms with Crippen LogP contribution in [0.2, 0.25) is 0 Å². The van der Waals surface area contributed by atoms with Crippen molar-refractivity contribution in [3.05, 3.63) is 29.3 Å². The van der Waals surface area contributed by atoms with Crippen LogP contribution in [0.3, 0.4) is 0 Å². The molecule has 1 unspecified atom stereocenters. The Kier molecular flexibility index (Phi) is 3.98. The molecule has 0 bridgehead atoms. The molecule has 21 heavy (non-hydrogen) atoms. The molecule has 2 N–H and O–H groups in total. The lowest BCUT2D eigenvalue weighted by Gasteiger charge is -2.33. The topological polar surface area (TPSA) is 38.5 Å². The third-order valence-electron chi connectivity index (χ3n) is 5.10. The van der Waals surface area contributed by atoms with Crippen molar-refractivity contribution in [2.75, 3.05) is 13.6 Å². The first-order chi connectivity index (χ1) is 10.0. The second-order valence-corrected chi connectivity index (χ2v) is 7.23. The molecule has 1 heterocycles. The monoisotopic (exact) mass is 288 g/mol. The average molecular weight is 288 g/mol. The summed E-state index contributed by atoms with van der Waals surface area (Å²) in [5, 5.41) is 0. The van der Waals surface area contributed by atoms with Gasteiger partial charge in [-0.05, 0) is 39.3 Å². The molecule has 116 valence electrons. The van der Waals surface area contributed by atoms with Crippen LogP contribution in [0.1, 0.15) is 56.7 Å². The summed E-state index contributed by atoms with van der Waals surface area (Å²) in [4.78, 5) is 2.48. The SMILES string of the molecule is CN(C1CCCC1)C(CN)c1cccc2c1OC(C)(C)C2. The Morgan fingerprint density at radius 1 is 1.33 bits per heavy atom. The van der Waals surface area contributed by atoms with Gasteiger partial charge in [-0.1, -0.05) is 31.0 Å². The molecule has 1 atom stereocenters. The number of fused-ring (bicyclic) bond motifs is 1. The average Bonchev–Trinajstić information content (AvgIpc) is 3.05. The Morgan fingerprint density at radius 3 is 2.71 bits per heavy atom. The van der Waals surface area contributed by atoms with Gasteiger partial charge in [-0.3, -0.25) is 4.90 Å². The van der Waals surface area contributed by atoms with Gasteiger partial charge in [0.25, 0.3) is 0 Å². The molecule has 3 heteroatoms. The largest absolute Gasteiger partial charge is 0.487 e. The first kappa shape index (κ1) is 14.9. The Morgan fingerprint density at radius 2 is 2.05 bits per heavy atom. The minimum atomic E-state index is -0.0937. The van der Waals surface area contributed by atoms with Crippen LogP contribution in [-0.4, -0.2) is 30.1 Å². The highest BCUT2D eigenvalue weighted by Gasteiger charge is 2.35. The number of hydrogen-bond acceptors (Lipinski definition) is 3. The Hall–Kier alpha value is -1.06. The van der Waals surface area contributed by atoms with Gasteiger partial charge in [-0.2, -0.15) is 0 Å². The summed E-state index contributed by atoms with van der Waals surface area (Å²) in [7, 11) is 2.23. The maximum atomic E-state index is 6.24. The van der Waals surface area contributed by atoms with Gasteiger partial charge >= 0.3 is 0 Å². The molecule has 0 amide bonds. The Bertz CT molecular complexity index is 506. The van der Waals surface area contributed by atoms with Crippen molar-refractivity contribution in [1.82, 2.24) is 4.90 Å². The van der Waals surface area contributed by atoms with E-state index in [-0.39, 0.29) is 11.6 Å². The van der Waals surface area contributed by atoms with Crippen LogP contribution in [0.5, 0.6) is 5.75 Å². The zero-order valence-electron chi connectivity index (χ0n) is 13.6. The predicted octanol–water partition coefficient (Wildman–Crippen LogP) is 3.27. The van der Waals surface area contributed by atoms with Gasteiger partial charge in [-0.15, -0.1) is 0 Å². The summed E-state index contributed by atoms with van der Waals surface area (Å²) in [6, 6.07) is 7.48. The van der Waals surface area contributed by atoms with Crippen LogP contribution in [-0.2, 0) is 6.42 Å². The van der Waals surface area contributed by atoms with Gasteiger partial charge in [0.05, 0.1) is 6.04 Å². The maximum Gasteiger partial charge on any atom is 0.128 e. The third kappa shape index (κ3) is 2.82. The van der Waals surface area contributed by atoms with Crippen molar-refractivity contribution in [2.24, 2.45) is 5.73 Å².